The van der Waals surface area contributed by atoms with Gasteiger partial charge in [0.1, 0.15) is 4.60 Å². The van der Waals surface area contributed by atoms with E-state index in [0.29, 0.717) is 5.92 Å². The van der Waals surface area contributed by atoms with Crippen molar-refractivity contribution in [1.82, 2.24) is 4.98 Å². The van der Waals surface area contributed by atoms with Crippen molar-refractivity contribution < 1.29 is 0 Å². The van der Waals surface area contributed by atoms with Gasteiger partial charge in [0.05, 0.1) is 0 Å². The summed E-state index contributed by atoms with van der Waals surface area (Å²) in [7, 11) is 0. The summed E-state index contributed by atoms with van der Waals surface area (Å²) in [6, 6.07) is 4.16. The minimum absolute atomic E-state index is 0.666. The molecule has 2 rings (SSSR count). The molecule has 0 amide bonds. The van der Waals surface area contributed by atoms with Crippen molar-refractivity contribution in [1.29, 1.82) is 0 Å². The molecule has 0 saturated heterocycles. The minimum atomic E-state index is 0.666. The van der Waals surface area contributed by atoms with Crippen molar-refractivity contribution in [2.45, 2.75) is 32.1 Å². The lowest BCUT2D eigenvalue weighted by atomic mass is 9.82. The molecule has 1 nitrogen and oxygen atoms in total. The van der Waals surface area contributed by atoms with Gasteiger partial charge in [-0.25, -0.2) is 4.98 Å². The Morgan fingerprint density at radius 3 is 3.07 bits per heavy atom. The van der Waals surface area contributed by atoms with Gasteiger partial charge < -0.3 is 0 Å². The predicted octanol–water partition coefficient (Wildman–Crippen LogP) is 4.13. The van der Waals surface area contributed by atoms with E-state index in [1.54, 1.807) is 0 Å². The largest absolute Gasteiger partial charge is 0.249 e. The Balaban J connectivity index is 2.08. The second-order valence-corrected chi connectivity index (χ2v) is 5.01. The smallest absolute Gasteiger partial charge is 0.109 e. The van der Waals surface area contributed by atoms with Crippen molar-refractivity contribution in [3.63, 3.8) is 0 Å². The number of pyridine rings is 1. The molecule has 0 N–H and O–H groups in total. The highest BCUT2D eigenvalue weighted by Crippen LogP contribution is 2.31. The van der Waals surface area contributed by atoms with E-state index in [1.807, 2.05) is 12.3 Å². The Bertz CT molecular complexity index is 359. The zero-order valence-electron chi connectivity index (χ0n) is 8.88. The van der Waals surface area contributed by atoms with Crippen LogP contribution in [-0.2, 0) is 6.42 Å². The number of nitrogens with zero attached hydrogens (tertiary/aromatic N) is 1. The van der Waals surface area contributed by atoms with Gasteiger partial charge in [0.2, 0.25) is 0 Å². The van der Waals surface area contributed by atoms with E-state index in [1.165, 1.54) is 36.8 Å². The van der Waals surface area contributed by atoms with Crippen LogP contribution >= 0.6 is 15.9 Å². The number of aromatic nitrogens is 1. The first-order valence-corrected chi connectivity index (χ1v) is 6.33. The molecule has 0 radical (unpaired) electrons. The van der Waals surface area contributed by atoms with Gasteiger partial charge in [-0.3, -0.25) is 0 Å². The quantitative estimate of drug-likeness (QED) is 0.579. The zero-order chi connectivity index (χ0) is 10.7. The van der Waals surface area contributed by atoms with Crippen molar-refractivity contribution in [2.24, 2.45) is 5.92 Å². The van der Waals surface area contributed by atoms with Crippen LogP contribution in [0, 0.1) is 5.92 Å². The minimum Gasteiger partial charge on any atom is -0.249 e. The van der Waals surface area contributed by atoms with E-state index in [9.17, 15) is 0 Å². The fourth-order valence-electron chi connectivity index (χ4n) is 2.23. The molecule has 1 saturated carbocycles. The summed E-state index contributed by atoms with van der Waals surface area (Å²) in [5.41, 5.74) is 2.74. The second kappa shape index (κ2) is 4.93. The third kappa shape index (κ3) is 2.69. The van der Waals surface area contributed by atoms with Crippen molar-refractivity contribution in [3.05, 3.63) is 40.6 Å². The molecular weight excluding hydrogens is 250 g/mol. The molecule has 0 spiro atoms. The Morgan fingerprint density at radius 2 is 2.33 bits per heavy atom. The number of hydrogen-bond acceptors (Lipinski definition) is 1. The second-order valence-electron chi connectivity index (χ2n) is 4.26. The summed E-state index contributed by atoms with van der Waals surface area (Å²) >= 11 is 3.50. The monoisotopic (exact) mass is 265 g/mol. The lowest BCUT2D eigenvalue weighted by Gasteiger charge is -2.24. The molecule has 1 aliphatic carbocycles. The zero-order valence-corrected chi connectivity index (χ0v) is 10.5. The topological polar surface area (TPSA) is 12.9 Å². The standard InChI is InChI=1S/C13H16BrN/c1-10-5-2-3-6-11(10)9-12-7-4-8-15-13(12)14/h4,7-8,11H,1-3,5-6,9H2. The van der Waals surface area contributed by atoms with Gasteiger partial charge in [0, 0.05) is 6.20 Å². The molecule has 80 valence electrons. The number of halogens is 1. The van der Waals surface area contributed by atoms with Gasteiger partial charge in [-0.05, 0) is 59.2 Å². The molecule has 0 bridgehead atoms. The Morgan fingerprint density at radius 1 is 1.47 bits per heavy atom. The summed E-state index contributed by atoms with van der Waals surface area (Å²) < 4.78 is 0.989. The van der Waals surface area contributed by atoms with Crippen LogP contribution in [0.2, 0.25) is 0 Å². The molecule has 1 atom stereocenters. The van der Waals surface area contributed by atoms with Crippen LogP contribution in [0.3, 0.4) is 0 Å². The number of rotatable bonds is 2. The fraction of sp³-hybridized carbons (Fsp3) is 0.462. The molecular formula is C13H16BrN. The van der Waals surface area contributed by atoms with E-state index >= 15 is 0 Å². The Labute approximate surface area is 99.7 Å². The molecule has 0 aliphatic heterocycles. The lowest BCUT2D eigenvalue weighted by molar-refractivity contribution is 0.452. The van der Waals surface area contributed by atoms with Crippen molar-refractivity contribution in [3.8, 4) is 0 Å². The van der Waals surface area contributed by atoms with Crippen LogP contribution in [-0.4, -0.2) is 4.98 Å². The van der Waals surface area contributed by atoms with E-state index in [-0.39, 0.29) is 0 Å². The summed E-state index contributed by atoms with van der Waals surface area (Å²) in [5, 5.41) is 0. The number of hydrogen-bond donors (Lipinski definition) is 0. The normalized spacial score (nSPS) is 21.7. The molecule has 15 heavy (non-hydrogen) atoms. The summed E-state index contributed by atoms with van der Waals surface area (Å²) in [5.74, 6) is 0.666. The highest BCUT2D eigenvalue weighted by atomic mass is 79.9. The summed E-state index contributed by atoms with van der Waals surface area (Å²) in [4.78, 5) is 4.26. The van der Waals surface area contributed by atoms with E-state index in [2.05, 4.69) is 33.6 Å². The average Bonchev–Trinajstić information content (AvgIpc) is 2.24. The van der Waals surface area contributed by atoms with Gasteiger partial charge in [-0.15, -0.1) is 0 Å². The third-order valence-corrected chi connectivity index (χ3v) is 3.89. The predicted molar refractivity (Wildman–Crippen MR) is 66.7 cm³/mol. The maximum absolute atomic E-state index is 4.26. The first-order valence-electron chi connectivity index (χ1n) is 5.54. The van der Waals surface area contributed by atoms with E-state index in [0.717, 1.165) is 11.0 Å². The fourth-order valence-corrected chi connectivity index (χ4v) is 2.65. The van der Waals surface area contributed by atoms with Gasteiger partial charge in [0.25, 0.3) is 0 Å². The summed E-state index contributed by atoms with van der Waals surface area (Å²) in [6.45, 7) is 4.19. The van der Waals surface area contributed by atoms with Crippen molar-refractivity contribution in [2.75, 3.05) is 0 Å². The molecule has 0 aromatic carbocycles. The summed E-state index contributed by atoms with van der Waals surface area (Å²) in [6.07, 6.45) is 8.09. The molecule has 1 unspecified atom stereocenters. The van der Waals surface area contributed by atoms with Crippen LogP contribution in [0.1, 0.15) is 31.2 Å². The Kier molecular flexibility index (Phi) is 3.57. The van der Waals surface area contributed by atoms with Gasteiger partial charge in [0.15, 0.2) is 0 Å². The number of allylic oxidation sites excluding steroid dienone is 1. The first-order chi connectivity index (χ1) is 7.27. The highest BCUT2D eigenvalue weighted by molar-refractivity contribution is 9.10. The van der Waals surface area contributed by atoms with Crippen LogP contribution in [0.4, 0.5) is 0 Å². The first kappa shape index (κ1) is 10.9. The van der Waals surface area contributed by atoms with E-state index < -0.39 is 0 Å². The molecule has 1 aliphatic rings. The van der Waals surface area contributed by atoms with Crippen LogP contribution in [0.5, 0.6) is 0 Å². The molecule has 1 fully saturated rings. The third-order valence-electron chi connectivity index (χ3n) is 3.18. The molecule has 2 heteroatoms. The van der Waals surface area contributed by atoms with Gasteiger partial charge >= 0.3 is 0 Å². The average molecular weight is 266 g/mol. The Hall–Kier alpha value is -0.630. The molecule has 1 heterocycles. The SMILES string of the molecule is C=C1CCCCC1Cc1cccnc1Br. The van der Waals surface area contributed by atoms with Crippen LogP contribution in [0.15, 0.2) is 35.1 Å². The highest BCUT2D eigenvalue weighted by Gasteiger charge is 2.18. The van der Waals surface area contributed by atoms with E-state index in [4.69, 9.17) is 0 Å². The van der Waals surface area contributed by atoms with Crippen LogP contribution in [0.25, 0.3) is 0 Å². The van der Waals surface area contributed by atoms with Crippen LogP contribution < -0.4 is 0 Å². The lowest BCUT2D eigenvalue weighted by Crippen LogP contribution is -2.12. The molecule has 1 aromatic heterocycles. The molecule has 1 aromatic rings. The van der Waals surface area contributed by atoms with Gasteiger partial charge in [-0.2, -0.15) is 0 Å². The van der Waals surface area contributed by atoms with Crippen molar-refractivity contribution >= 4 is 15.9 Å². The maximum atomic E-state index is 4.26. The maximum Gasteiger partial charge on any atom is 0.109 e. The van der Waals surface area contributed by atoms with Gasteiger partial charge in [-0.1, -0.05) is 24.6 Å².